The van der Waals surface area contributed by atoms with Gasteiger partial charge in [-0.25, -0.2) is 0 Å². The molecule has 16 heavy (non-hydrogen) atoms. The molecule has 0 saturated heterocycles. The van der Waals surface area contributed by atoms with Crippen LogP contribution in [0.25, 0.3) is 0 Å². The van der Waals surface area contributed by atoms with E-state index in [0.717, 1.165) is 28.9 Å². The minimum absolute atomic E-state index is 0.0200. The van der Waals surface area contributed by atoms with Gasteiger partial charge in [-0.2, -0.15) is 0 Å². The van der Waals surface area contributed by atoms with E-state index in [4.69, 9.17) is 0 Å². The van der Waals surface area contributed by atoms with Gasteiger partial charge in [0.25, 0.3) is 0 Å². The summed E-state index contributed by atoms with van der Waals surface area (Å²) in [6.07, 6.45) is 1.69. The average molecular weight is 238 g/mol. The van der Waals surface area contributed by atoms with Gasteiger partial charge in [0.15, 0.2) is 0 Å². The Balaban J connectivity index is 3.56. The van der Waals surface area contributed by atoms with Gasteiger partial charge in [-0.15, -0.1) is 12.6 Å². The van der Waals surface area contributed by atoms with Crippen LogP contribution in [0.15, 0.2) is 11.0 Å². The summed E-state index contributed by atoms with van der Waals surface area (Å²) in [7, 11) is 0. The number of phenols is 1. The molecule has 0 unspecified atom stereocenters. The normalized spacial score (nSPS) is 11.9. The van der Waals surface area contributed by atoms with E-state index in [1.54, 1.807) is 0 Å². The van der Waals surface area contributed by atoms with Crippen LogP contribution in [0.3, 0.4) is 0 Å². The van der Waals surface area contributed by atoms with E-state index in [-0.39, 0.29) is 5.41 Å². The molecule has 0 aromatic heterocycles. The fourth-order valence-corrected chi connectivity index (χ4v) is 2.85. The fourth-order valence-electron chi connectivity index (χ4n) is 2.22. The van der Waals surface area contributed by atoms with Gasteiger partial charge in [-0.1, -0.05) is 34.6 Å². The summed E-state index contributed by atoms with van der Waals surface area (Å²) in [4.78, 5) is 0.999. The van der Waals surface area contributed by atoms with Crippen LogP contribution in [0.2, 0.25) is 0 Å². The lowest BCUT2D eigenvalue weighted by atomic mass is 9.81. The Labute approximate surface area is 104 Å². The molecule has 90 valence electrons. The van der Waals surface area contributed by atoms with Crippen molar-refractivity contribution in [3.63, 3.8) is 0 Å². The number of aryl methyl sites for hydroxylation is 1. The topological polar surface area (TPSA) is 20.2 Å². The minimum atomic E-state index is 0.0200. The molecule has 0 bridgehead atoms. The van der Waals surface area contributed by atoms with Crippen molar-refractivity contribution in [3.05, 3.63) is 22.8 Å². The van der Waals surface area contributed by atoms with E-state index >= 15 is 0 Å². The molecular formula is C14H22OS. The Morgan fingerprint density at radius 1 is 1.19 bits per heavy atom. The maximum atomic E-state index is 10.2. The quantitative estimate of drug-likeness (QED) is 0.743. The number of hydrogen-bond donors (Lipinski definition) is 2. The molecule has 0 radical (unpaired) electrons. The predicted molar refractivity (Wildman–Crippen MR) is 72.8 cm³/mol. The zero-order valence-electron chi connectivity index (χ0n) is 10.9. The number of thiol groups is 1. The number of rotatable bonds is 2. The molecule has 0 spiro atoms. The first-order valence-corrected chi connectivity index (χ1v) is 6.34. The summed E-state index contributed by atoms with van der Waals surface area (Å²) in [5, 5.41) is 10.2. The van der Waals surface area contributed by atoms with Gasteiger partial charge >= 0.3 is 0 Å². The van der Waals surface area contributed by atoms with Gasteiger partial charge in [0.2, 0.25) is 0 Å². The van der Waals surface area contributed by atoms with Crippen molar-refractivity contribution in [1.82, 2.24) is 0 Å². The summed E-state index contributed by atoms with van der Waals surface area (Å²) in [5.41, 5.74) is 3.24. The predicted octanol–water partition coefficient (Wildman–Crippen LogP) is 4.10. The molecule has 0 atom stereocenters. The van der Waals surface area contributed by atoms with E-state index in [1.807, 2.05) is 6.07 Å². The molecule has 0 aliphatic carbocycles. The van der Waals surface area contributed by atoms with E-state index in [9.17, 15) is 5.11 Å². The molecule has 2 heteroatoms. The van der Waals surface area contributed by atoms with Crippen LogP contribution >= 0.6 is 12.6 Å². The third kappa shape index (κ3) is 2.37. The van der Waals surface area contributed by atoms with E-state index < -0.39 is 0 Å². The fraction of sp³-hybridized carbons (Fsp3) is 0.571. The van der Waals surface area contributed by atoms with Crippen LogP contribution in [0.4, 0.5) is 0 Å². The van der Waals surface area contributed by atoms with E-state index in [1.165, 1.54) is 5.56 Å². The molecule has 1 N–H and O–H groups in total. The van der Waals surface area contributed by atoms with Gasteiger partial charge < -0.3 is 5.11 Å². The Bertz CT molecular complexity index is 389. The molecule has 0 amide bonds. The van der Waals surface area contributed by atoms with Crippen molar-refractivity contribution >= 4 is 12.6 Å². The first-order valence-electron chi connectivity index (χ1n) is 5.90. The van der Waals surface area contributed by atoms with Crippen molar-refractivity contribution < 1.29 is 5.11 Å². The lowest BCUT2D eigenvalue weighted by molar-refractivity contribution is 0.454. The van der Waals surface area contributed by atoms with Gasteiger partial charge in [0, 0.05) is 4.90 Å². The van der Waals surface area contributed by atoms with Gasteiger partial charge in [0.05, 0.1) is 0 Å². The van der Waals surface area contributed by atoms with Crippen LogP contribution in [-0.2, 0) is 18.3 Å². The van der Waals surface area contributed by atoms with Crippen molar-refractivity contribution in [2.45, 2.75) is 57.8 Å². The van der Waals surface area contributed by atoms with Gasteiger partial charge in [0.1, 0.15) is 5.75 Å². The van der Waals surface area contributed by atoms with Gasteiger partial charge in [-0.3, -0.25) is 0 Å². The molecule has 0 saturated carbocycles. The second kappa shape index (κ2) is 4.70. The molecule has 0 fully saturated rings. The molecule has 1 aromatic rings. The minimum Gasteiger partial charge on any atom is -0.507 e. The molecule has 0 aliphatic rings. The van der Waals surface area contributed by atoms with Crippen LogP contribution in [0.1, 0.15) is 51.3 Å². The standard InChI is InChI=1S/C14H22OS/c1-6-9-8-11(16)12(14(3,4)5)10(7-2)13(9)15/h8,15-16H,6-7H2,1-5H3. The Hall–Kier alpha value is -0.630. The third-order valence-corrected chi connectivity index (χ3v) is 3.30. The third-order valence-electron chi connectivity index (χ3n) is 2.94. The highest BCUT2D eigenvalue weighted by molar-refractivity contribution is 7.80. The number of phenolic OH excluding ortho intramolecular Hbond substituents is 1. The van der Waals surface area contributed by atoms with Crippen molar-refractivity contribution in [2.24, 2.45) is 0 Å². The molecule has 1 aromatic carbocycles. The molecule has 1 rings (SSSR count). The van der Waals surface area contributed by atoms with Crippen LogP contribution in [-0.4, -0.2) is 5.11 Å². The highest BCUT2D eigenvalue weighted by atomic mass is 32.1. The molecule has 0 aliphatic heterocycles. The number of aromatic hydroxyl groups is 1. The Morgan fingerprint density at radius 3 is 2.12 bits per heavy atom. The summed E-state index contributed by atoms with van der Waals surface area (Å²) in [5.74, 6) is 0.465. The number of benzene rings is 1. The van der Waals surface area contributed by atoms with Crippen LogP contribution in [0.5, 0.6) is 5.75 Å². The maximum Gasteiger partial charge on any atom is 0.122 e. The second-order valence-corrected chi connectivity index (χ2v) is 5.70. The smallest absolute Gasteiger partial charge is 0.122 e. The highest BCUT2D eigenvalue weighted by Gasteiger charge is 2.23. The first kappa shape index (κ1) is 13.4. The summed E-state index contributed by atoms with van der Waals surface area (Å²) in [6, 6.07) is 2.00. The monoisotopic (exact) mass is 238 g/mol. The lowest BCUT2D eigenvalue weighted by Crippen LogP contribution is -2.16. The second-order valence-electron chi connectivity index (χ2n) is 5.21. The summed E-state index contributed by atoms with van der Waals surface area (Å²) >= 11 is 4.57. The highest BCUT2D eigenvalue weighted by Crippen LogP contribution is 2.38. The van der Waals surface area contributed by atoms with E-state index in [0.29, 0.717) is 5.75 Å². The largest absolute Gasteiger partial charge is 0.507 e. The SMILES string of the molecule is CCc1cc(S)c(C(C)(C)C)c(CC)c1O. The molecule has 1 nitrogen and oxygen atoms in total. The van der Waals surface area contributed by atoms with Crippen molar-refractivity contribution in [1.29, 1.82) is 0 Å². The lowest BCUT2D eigenvalue weighted by Gasteiger charge is -2.26. The zero-order chi connectivity index (χ0) is 12.5. The zero-order valence-corrected chi connectivity index (χ0v) is 11.8. The van der Waals surface area contributed by atoms with E-state index in [2.05, 4.69) is 47.2 Å². The Morgan fingerprint density at radius 2 is 1.75 bits per heavy atom. The molecular weight excluding hydrogens is 216 g/mol. The van der Waals surface area contributed by atoms with Gasteiger partial charge in [-0.05, 0) is 41.0 Å². The molecule has 0 heterocycles. The Kier molecular flexibility index (Phi) is 3.95. The number of hydrogen-bond acceptors (Lipinski definition) is 2. The van der Waals surface area contributed by atoms with Crippen molar-refractivity contribution in [2.75, 3.05) is 0 Å². The first-order chi connectivity index (χ1) is 7.32. The maximum absolute atomic E-state index is 10.2. The average Bonchev–Trinajstić information content (AvgIpc) is 2.18. The van der Waals surface area contributed by atoms with Crippen molar-refractivity contribution in [3.8, 4) is 5.75 Å². The summed E-state index contributed by atoms with van der Waals surface area (Å²) in [6.45, 7) is 10.6. The summed E-state index contributed by atoms with van der Waals surface area (Å²) < 4.78 is 0. The van der Waals surface area contributed by atoms with Crippen LogP contribution < -0.4 is 0 Å². The van der Waals surface area contributed by atoms with Crippen LogP contribution in [0, 0.1) is 0 Å².